The normalized spacial score (nSPS) is 18.9. The van der Waals surface area contributed by atoms with E-state index in [4.69, 9.17) is 4.98 Å². The highest BCUT2D eigenvalue weighted by Crippen LogP contribution is 2.43. The standard InChI is InChI=1S/C12H12Br2N2S2/c1-15-7-3-2-4-8-10(7)18-12(16-8)9-5-6(13)11(14)17-9/h5,7,15H,2-4H2,1H3. The molecule has 2 aromatic rings. The smallest absolute Gasteiger partial charge is 0.134 e. The largest absolute Gasteiger partial charge is 0.312 e. The molecule has 18 heavy (non-hydrogen) atoms. The van der Waals surface area contributed by atoms with Crippen LogP contribution in [-0.4, -0.2) is 12.0 Å². The molecule has 1 atom stereocenters. The van der Waals surface area contributed by atoms with E-state index in [0.717, 1.165) is 19.7 Å². The summed E-state index contributed by atoms with van der Waals surface area (Å²) in [5.41, 5.74) is 1.29. The first-order valence-electron chi connectivity index (χ1n) is 5.81. The van der Waals surface area contributed by atoms with Gasteiger partial charge in [0.05, 0.1) is 14.4 Å². The molecule has 1 aliphatic rings. The summed E-state index contributed by atoms with van der Waals surface area (Å²) < 4.78 is 2.25. The molecule has 1 N–H and O–H groups in total. The Hall–Kier alpha value is 0.250. The van der Waals surface area contributed by atoms with E-state index in [1.165, 1.54) is 28.3 Å². The lowest BCUT2D eigenvalue weighted by molar-refractivity contribution is 0.501. The molecule has 0 amide bonds. The molecule has 1 aliphatic carbocycles. The van der Waals surface area contributed by atoms with Crippen molar-refractivity contribution in [3.8, 4) is 9.88 Å². The number of nitrogens with zero attached hydrogens (tertiary/aromatic N) is 1. The zero-order valence-corrected chi connectivity index (χ0v) is 14.6. The summed E-state index contributed by atoms with van der Waals surface area (Å²) in [4.78, 5) is 7.49. The summed E-state index contributed by atoms with van der Waals surface area (Å²) in [6.07, 6.45) is 3.58. The SMILES string of the molecule is CNC1CCCc2nc(-c3cc(Br)c(Br)s3)sc21. The first kappa shape index (κ1) is 13.2. The molecule has 0 aromatic carbocycles. The fraction of sp³-hybridized carbons (Fsp3) is 0.417. The van der Waals surface area contributed by atoms with Crippen molar-refractivity contribution in [1.29, 1.82) is 0 Å². The number of hydrogen-bond donors (Lipinski definition) is 1. The summed E-state index contributed by atoms with van der Waals surface area (Å²) in [7, 11) is 2.04. The topological polar surface area (TPSA) is 24.9 Å². The third-order valence-corrected chi connectivity index (χ3v) is 7.79. The third kappa shape index (κ3) is 2.33. The Balaban J connectivity index is 2.02. The molecule has 0 fully saturated rings. The molecule has 0 spiro atoms. The van der Waals surface area contributed by atoms with Gasteiger partial charge in [-0.15, -0.1) is 22.7 Å². The van der Waals surface area contributed by atoms with E-state index in [1.54, 1.807) is 11.3 Å². The van der Waals surface area contributed by atoms with Crippen molar-refractivity contribution >= 4 is 54.5 Å². The predicted molar refractivity (Wildman–Crippen MR) is 85.6 cm³/mol. The van der Waals surface area contributed by atoms with Gasteiger partial charge in [0.15, 0.2) is 0 Å². The van der Waals surface area contributed by atoms with Crippen LogP contribution in [0.25, 0.3) is 9.88 Å². The van der Waals surface area contributed by atoms with Gasteiger partial charge in [-0.05, 0) is 64.2 Å². The molecular weight excluding hydrogens is 396 g/mol. The van der Waals surface area contributed by atoms with Gasteiger partial charge in [0.2, 0.25) is 0 Å². The van der Waals surface area contributed by atoms with Gasteiger partial charge in [-0.3, -0.25) is 0 Å². The minimum Gasteiger partial charge on any atom is -0.312 e. The Labute approximate surface area is 131 Å². The summed E-state index contributed by atoms with van der Waals surface area (Å²) in [6.45, 7) is 0. The van der Waals surface area contributed by atoms with Gasteiger partial charge in [-0.25, -0.2) is 4.98 Å². The van der Waals surface area contributed by atoms with E-state index >= 15 is 0 Å². The molecule has 0 saturated heterocycles. The summed E-state index contributed by atoms with van der Waals surface area (Å²) >= 11 is 10.7. The van der Waals surface area contributed by atoms with Crippen LogP contribution in [0.15, 0.2) is 14.3 Å². The van der Waals surface area contributed by atoms with Crippen molar-refractivity contribution in [2.24, 2.45) is 0 Å². The van der Waals surface area contributed by atoms with E-state index in [9.17, 15) is 0 Å². The maximum Gasteiger partial charge on any atom is 0.134 e. The van der Waals surface area contributed by atoms with Crippen LogP contribution in [0.3, 0.4) is 0 Å². The molecule has 3 rings (SSSR count). The number of thiazole rings is 1. The van der Waals surface area contributed by atoms with Crippen LogP contribution in [-0.2, 0) is 6.42 Å². The molecule has 0 aliphatic heterocycles. The van der Waals surface area contributed by atoms with Crippen LogP contribution in [0.4, 0.5) is 0 Å². The summed E-state index contributed by atoms with van der Waals surface area (Å²) in [5, 5.41) is 4.55. The number of nitrogens with one attached hydrogen (secondary N) is 1. The molecule has 0 radical (unpaired) electrons. The van der Waals surface area contributed by atoms with Gasteiger partial charge < -0.3 is 5.32 Å². The van der Waals surface area contributed by atoms with Crippen molar-refractivity contribution in [3.05, 3.63) is 24.9 Å². The molecule has 6 heteroatoms. The highest BCUT2D eigenvalue weighted by Gasteiger charge is 2.24. The maximum absolute atomic E-state index is 4.82. The van der Waals surface area contributed by atoms with Crippen molar-refractivity contribution in [3.63, 3.8) is 0 Å². The van der Waals surface area contributed by atoms with Crippen molar-refractivity contribution in [1.82, 2.24) is 10.3 Å². The number of fused-ring (bicyclic) bond motifs is 1. The predicted octanol–water partition coefficient (Wildman–Crippen LogP) is 4.99. The molecule has 2 nitrogen and oxygen atoms in total. The van der Waals surface area contributed by atoms with E-state index in [-0.39, 0.29) is 0 Å². The maximum atomic E-state index is 4.82. The first-order chi connectivity index (χ1) is 8.69. The minimum absolute atomic E-state index is 0.492. The fourth-order valence-corrected chi connectivity index (χ4v) is 5.59. The van der Waals surface area contributed by atoms with Gasteiger partial charge in [-0.1, -0.05) is 0 Å². The molecular formula is C12H12Br2N2S2. The van der Waals surface area contributed by atoms with Crippen LogP contribution >= 0.6 is 54.5 Å². The zero-order chi connectivity index (χ0) is 12.7. The Morgan fingerprint density at radius 3 is 2.89 bits per heavy atom. The first-order valence-corrected chi connectivity index (χ1v) is 9.03. The van der Waals surface area contributed by atoms with Gasteiger partial charge in [0.25, 0.3) is 0 Å². The number of thiophene rings is 1. The number of hydrogen-bond acceptors (Lipinski definition) is 4. The van der Waals surface area contributed by atoms with Gasteiger partial charge in [0, 0.05) is 15.4 Å². The van der Waals surface area contributed by atoms with Crippen LogP contribution in [0.2, 0.25) is 0 Å². The van der Waals surface area contributed by atoms with Gasteiger partial charge >= 0.3 is 0 Å². The second-order valence-electron chi connectivity index (χ2n) is 4.30. The number of aromatic nitrogens is 1. The van der Waals surface area contributed by atoms with E-state index < -0.39 is 0 Å². The van der Waals surface area contributed by atoms with Crippen molar-refractivity contribution in [2.45, 2.75) is 25.3 Å². The molecule has 0 saturated carbocycles. The van der Waals surface area contributed by atoms with Crippen LogP contribution in [0.1, 0.15) is 29.5 Å². The van der Waals surface area contributed by atoms with Crippen molar-refractivity contribution < 1.29 is 0 Å². The molecule has 0 bridgehead atoms. The third-order valence-electron chi connectivity index (χ3n) is 3.15. The lowest BCUT2D eigenvalue weighted by Crippen LogP contribution is -2.19. The average Bonchev–Trinajstić information content (AvgIpc) is 2.93. The van der Waals surface area contributed by atoms with Crippen LogP contribution in [0, 0.1) is 0 Å². The van der Waals surface area contributed by atoms with E-state index in [2.05, 4.69) is 43.2 Å². The Bertz CT molecular complexity index is 557. The molecule has 2 heterocycles. The minimum atomic E-state index is 0.492. The lowest BCUT2D eigenvalue weighted by atomic mass is 9.98. The molecule has 1 unspecified atom stereocenters. The van der Waals surface area contributed by atoms with Gasteiger partial charge in [0.1, 0.15) is 5.01 Å². The zero-order valence-electron chi connectivity index (χ0n) is 9.80. The van der Waals surface area contributed by atoms with E-state index in [1.807, 2.05) is 18.4 Å². The fourth-order valence-electron chi connectivity index (χ4n) is 2.25. The summed E-state index contributed by atoms with van der Waals surface area (Å²) in [5.74, 6) is 0. The van der Waals surface area contributed by atoms with Crippen LogP contribution in [0.5, 0.6) is 0 Å². The number of rotatable bonds is 2. The average molecular weight is 408 g/mol. The van der Waals surface area contributed by atoms with Crippen LogP contribution < -0.4 is 5.32 Å². The highest BCUT2D eigenvalue weighted by atomic mass is 79.9. The Morgan fingerprint density at radius 2 is 2.22 bits per heavy atom. The quantitative estimate of drug-likeness (QED) is 0.757. The Kier molecular flexibility index (Phi) is 3.92. The highest BCUT2D eigenvalue weighted by molar-refractivity contribution is 9.13. The number of aryl methyl sites for hydroxylation is 1. The van der Waals surface area contributed by atoms with Crippen molar-refractivity contribution in [2.75, 3.05) is 7.05 Å². The van der Waals surface area contributed by atoms with Gasteiger partial charge in [-0.2, -0.15) is 0 Å². The Morgan fingerprint density at radius 1 is 1.39 bits per heavy atom. The monoisotopic (exact) mass is 406 g/mol. The van der Waals surface area contributed by atoms with E-state index in [0.29, 0.717) is 6.04 Å². The molecule has 2 aromatic heterocycles. The lowest BCUT2D eigenvalue weighted by Gasteiger charge is -2.19. The second-order valence-corrected chi connectivity index (χ2v) is 8.55. The molecule has 96 valence electrons. The number of halogens is 2. The summed E-state index contributed by atoms with van der Waals surface area (Å²) in [6, 6.07) is 2.64. The second kappa shape index (κ2) is 5.32.